The van der Waals surface area contributed by atoms with Gasteiger partial charge in [-0.1, -0.05) is 11.8 Å². The van der Waals surface area contributed by atoms with E-state index < -0.39 is 0 Å². The SMILES string of the molecule is CCOc1ccc(C2=Nn3cnnc3SC2)cc1.Cl. The maximum Gasteiger partial charge on any atom is 0.212 e. The lowest BCUT2D eigenvalue weighted by Crippen LogP contribution is -2.12. The average molecular weight is 297 g/mol. The van der Waals surface area contributed by atoms with Gasteiger partial charge in [0, 0.05) is 5.75 Å². The molecule has 3 rings (SSSR count). The van der Waals surface area contributed by atoms with E-state index in [4.69, 9.17) is 4.74 Å². The van der Waals surface area contributed by atoms with Crippen molar-refractivity contribution in [2.45, 2.75) is 12.1 Å². The maximum absolute atomic E-state index is 5.42. The topological polar surface area (TPSA) is 52.3 Å². The zero-order chi connectivity index (χ0) is 12.4. The highest BCUT2D eigenvalue weighted by Crippen LogP contribution is 2.23. The van der Waals surface area contributed by atoms with Gasteiger partial charge in [0.05, 0.1) is 12.3 Å². The minimum absolute atomic E-state index is 0. The molecule has 0 N–H and O–H groups in total. The lowest BCUT2D eigenvalue weighted by Gasteiger charge is -2.12. The number of rotatable bonds is 3. The van der Waals surface area contributed by atoms with Crippen LogP contribution in [0, 0.1) is 0 Å². The van der Waals surface area contributed by atoms with Crippen molar-refractivity contribution in [2.24, 2.45) is 5.10 Å². The summed E-state index contributed by atoms with van der Waals surface area (Å²) >= 11 is 1.64. The van der Waals surface area contributed by atoms with Crippen LogP contribution in [0.1, 0.15) is 12.5 Å². The number of benzene rings is 1. The Morgan fingerprint density at radius 3 is 2.84 bits per heavy atom. The maximum atomic E-state index is 5.42. The minimum atomic E-state index is 0. The molecule has 1 aliphatic rings. The fourth-order valence-corrected chi connectivity index (χ4v) is 2.54. The van der Waals surface area contributed by atoms with E-state index in [2.05, 4.69) is 15.3 Å². The third kappa shape index (κ3) is 2.90. The largest absolute Gasteiger partial charge is 0.494 e. The molecular weight excluding hydrogens is 284 g/mol. The second-order valence-corrected chi connectivity index (χ2v) is 4.69. The Hall–Kier alpha value is -1.53. The standard InChI is InChI=1S/C12H12N4OS.ClH/c1-2-17-10-5-3-9(4-6-10)11-7-18-12-14-13-8-16(12)15-11;/h3-6,8H,2,7H2,1H3;1H. The van der Waals surface area contributed by atoms with E-state index in [1.807, 2.05) is 31.2 Å². The van der Waals surface area contributed by atoms with E-state index in [9.17, 15) is 0 Å². The van der Waals surface area contributed by atoms with Crippen LogP contribution in [-0.2, 0) is 0 Å². The quantitative estimate of drug-likeness (QED) is 0.873. The first-order chi connectivity index (χ1) is 8.86. The van der Waals surface area contributed by atoms with E-state index in [0.717, 1.165) is 27.9 Å². The van der Waals surface area contributed by atoms with Crippen LogP contribution in [0.25, 0.3) is 0 Å². The van der Waals surface area contributed by atoms with Crippen LogP contribution < -0.4 is 4.74 Å². The normalized spacial score (nSPS) is 13.2. The van der Waals surface area contributed by atoms with Gasteiger partial charge in [-0.15, -0.1) is 22.6 Å². The molecule has 7 heteroatoms. The Bertz CT molecular complexity index is 582. The average Bonchev–Trinajstić information content (AvgIpc) is 2.87. The monoisotopic (exact) mass is 296 g/mol. The van der Waals surface area contributed by atoms with Gasteiger partial charge < -0.3 is 4.74 Å². The first-order valence-electron chi connectivity index (χ1n) is 5.70. The van der Waals surface area contributed by atoms with Crippen LogP contribution in [0.15, 0.2) is 40.9 Å². The lowest BCUT2D eigenvalue weighted by molar-refractivity contribution is 0.340. The molecule has 0 radical (unpaired) electrons. The number of nitrogens with zero attached hydrogens (tertiary/aromatic N) is 4. The zero-order valence-corrected chi connectivity index (χ0v) is 11.9. The molecule has 0 amide bonds. The van der Waals surface area contributed by atoms with Gasteiger partial charge in [0.2, 0.25) is 5.16 Å². The summed E-state index contributed by atoms with van der Waals surface area (Å²) in [7, 11) is 0. The highest BCUT2D eigenvalue weighted by Gasteiger charge is 2.15. The molecule has 100 valence electrons. The smallest absolute Gasteiger partial charge is 0.212 e. The number of aromatic nitrogens is 3. The first kappa shape index (κ1) is 13.9. The Morgan fingerprint density at radius 2 is 2.11 bits per heavy atom. The number of thioether (sulfide) groups is 1. The Morgan fingerprint density at radius 1 is 1.32 bits per heavy atom. The van der Waals surface area contributed by atoms with E-state index in [-0.39, 0.29) is 12.4 Å². The molecule has 2 aromatic rings. The van der Waals surface area contributed by atoms with Crippen LogP contribution in [-0.4, -0.2) is 32.9 Å². The highest BCUT2D eigenvalue weighted by molar-refractivity contribution is 7.99. The summed E-state index contributed by atoms with van der Waals surface area (Å²) in [6, 6.07) is 7.99. The van der Waals surface area contributed by atoms with Crippen molar-refractivity contribution in [2.75, 3.05) is 12.4 Å². The van der Waals surface area contributed by atoms with Gasteiger partial charge in [0.25, 0.3) is 0 Å². The molecule has 2 heterocycles. The van der Waals surface area contributed by atoms with Crippen molar-refractivity contribution in [3.63, 3.8) is 0 Å². The first-order valence-corrected chi connectivity index (χ1v) is 6.69. The summed E-state index contributed by atoms with van der Waals surface area (Å²) in [6.45, 7) is 2.66. The van der Waals surface area contributed by atoms with Gasteiger partial charge in [-0.05, 0) is 36.8 Å². The molecule has 1 aromatic carbocycles. The van der Waals surface area contributed by atoms with Crippen LogP contribution in [0.2, 0.25) is 0 Å². The fraction of sp³-hybridized carbons (Fsp3) is 0.250. The predicted molar refractivity (Wildman–Crippen MR) is 77.5 cm³/mol. The van der Waals surface area contributed by atoms with Crippen LogP contribution >= 0.6 is 24.2 Å². The van der Waals surface area contributed by atoms with Crippen molar-refractivity contribution in [1.29, 1.82) is 0 Å². The number of ether oxygens (including phenoxy) is 1. The van der Waals surface area contributed by atoms with Crippen molar-refractivity contribution >= 4 is 29.9 Å². The second-order valence-electron chi connectivity index (χ2n) is 3.75. The van der Waals surface area contributed by atoms with Gasteiger partial charge in [-0.25, -0.2) is 0 Å². The fourth-order valence-electron chi connectivity index (χ4n) is 1.73. The van der Waals surface area contributed by atoms with Gasteiger partial charge in [-0.3, -0.25) is 0 Å². The molecule has 0 spiro atoms. The van der Waals surface area contributed by atoms with Gasteiger partial charge in [-0.2, -0.15) is 9.78 Å². The predicted octanol–water partition coefficient (Wildman–Crippen LogP) is 2.46. The molecule has 0 atom stereocenters. The summed E-state index contributed by atoms with van der Waals surface area (Å²) in [6.07, 6.45) is 1.62. The molecule has 0 saturated carbocycles. The minimum Gasteiger partial charge on any atom is -0.494 e. The molecule has 19 heavy (non-hydrogen) atoms. The summed E-state index contributed by atoms with van der Waals surface area (Å²) < 4.78 is 7.13. The van der Waals surface area contributed by atoms with E-state index >= 15 is 0 Å². The van der Waals surface area contributed by atoms with E-state index in [1.54, 1.807) is 22.8 Å². The van der Waals surface area contributed by atoms with E-state index in [1.165, 1.54) is 0 Å². The molecule has 0 fully saturated rings. The number of hydrogen-bond acceptors (Lipinski definition) is 5. The third-order valence-corrected chi connectivity index (χ3v) is 3.51. The molecule has 0 saturated heterocycles. The van der Waals surface area contributed by atoms with Crippen LogP contribution in [0.4, 0.5) is 0 Å². The Balaban J connectivity index is 0.00000133. The Kier molecular flexibility index (Phi) is 4.44. The zero-order valence-electron chi connectivity index (χ0n) is 10.3. The second kappa shape index (κ2) is 6.08. The van der Waals surface area contributed by atoms with Gasteiger partial charge in [0.1, 0.15) is 12.1 Å². The molecule has 1 aromatic heterocycles. The van der Waals surface area contributed by atoms with Gasteiger partial charge in [0.15, 0.2) is 0 Å². The lowest BCUT2D eigenvalue weighted by atomic mass is 10.1. The van der Waals surface area contributed by atoms with Crippen molar-refractivity contribution in [3.8, 4) is 5.75 Å². The number of hydrogen-bond donors (Lipinski definition) is 0. The van der Waals surface area contributed by atoms with Crippen molar-refractivity contribution in [1.82, 2.24) is 14.9 Å². The third-order valence-electron chi connectivity index (χ3n) is 2.57. The summed E-state index contributed by atoms with van der Waals surface area (Å²) in [5, 5.41) is 13.1. The van der Waals surface area contributed by atoms with E-state index in [0.29, 0.717) is 6.61 Å². The molecular formula is C12H13ClN4OS. The molecule has 5 nitrogen and oxygen atoms in total. The molecule has 0 bridgehead atoms. The highest BCUT2D eigenvalue weighted by atomic mass is 35.5. The number of fused-ring (bicyclic) bond motifs is 1. The van der Waals surface area contributed by atoms with Crippen molar-refractivity contribution in [3.05, 3.63) is 36.2 Å². The molecule has 0 unspecified atom stereocenters. The molecule has 1 aliphatic heterocycles. The van der Waals surface area contributed by atoms with Crippen LogP contribution in [0.5, 0.6) is 5.75 Å². The Labute approximate surface area is 121 Å². The van der Waals surface area contributed by atoms with Gasteiger partial charge >= 0.3 is 0 Å². The summed E-state index contributed by atoms with van der Waals surface area (Å²) in [5.74, 6) is 1.70. The summed E-state index contributed by atoms with van der Waals surface area (Å²) in [4.78, 5) is 0. The van der Waals surface area contributed by atoms with Crippen molar-refractivity contribution < 1.29 is 4.74 Å². The molecule has 0 aliphatic carbocycles. The number of halogens is 1. The summed E-state index contributed by atoms with van der Waals surface area (Å²) in [5.41, 5.74) is 2.13. The van der Waals surface area contributed by atoms with Crippen LogP contribution in [0.3, 0.4) is 0 Å².